The van der Waals surface area contributed by atoms with Crippen LogP contribution in [0.15, 0.2) is 53.4 Å². The van der Waals surface area contributed by atoms with Crippen LogP contribution in [0.5, 0.6) is 0 Å². The number of carbonyl (C=O) groups is 1. The molecule has 2 N–H and O–H groups in total. The molecule has 3 rings (SSSR count). The summed E-state index contributed by atoms with van der Waals surface area (Å²) in [6.45, 7) is 1.87. The van der Waals surface area contributed by atoms with Crippen LogP contribution in [0.4, 0.5) is 0 Å². The molecule has 0 aliphatic heterocycles. The van der Waals surface area contributed by atoms with Crippen LogP contribution in [0.2, 0.25) is 5.02 Å². The number of hydrogen-bond donors (Lipinski definition) is 1. The topological polar surface area (TPSA) is 80.5 Å². The summed E-state index contributed by atoms with van der Waals surface area (Å²) in [5.41, 5.74) is 0.797. The van der Waals surface area contributed by atoms with Crippen molar-refractivity contribution in [3.63, 3.8) is 0 Å². The lowest BCUT2D eigenvalue weighted by atomic mass is 10.1. The minimum absolute atomic E-state index is 0.0370. The van der Waals surface area contributed by atoms with Crippen LogP contribution >= 0.6 is 22.9 Å². The van der Waals surface area contributed by atoms with Crippen LogP contribution in [-0.4, -0.2) is 26.3 Å². The van der Waals surface area contributed by atoms with Crippen molar-refractivity contribution < 1.29 is 13.2 Å². The highest BCUT2D eigenvalue weighted by molar-refractivity contribution is 7.89. The van der Waals surface area contributed by atoms with Gasteiger partial charge in [0, 0.05) is 17.1 Å². The second kappa shape index (κ2) is 7.00. The standard InChI is InChI=1S/C18H17ClN2O3S2/c1-11(12-7-9-13(10-8-12)26(20,23)24)21(2)18(22)17-16(19)14-5-3-4-6-15(14)25-17/h3-11H,1-2H3,(H2,20,23,24)/t11-/m1/s1. The van der Waals surface area contributed by atoms with E-state index in [2.05, 4.69) is 0 Å². The van der Waals surface area contributed by atoms with Crippen molar-refractivity contribution in [2.75, 3.05) is 7.05 Å². The molecule has 2 aromatic carbocycles. The number of halogens is 1. The van der Waals surface area contributed by atoms with Crippen molar-refractivity contribution in [2.24, 2.45) is 5.14 Å². The first-order valence-corrected chi connectivity index (χ1v) is 10.5. The lowest BCUT2D eigenvalue weighted by Gasteiger charge is -2.25. The number of carbonyl (C=O) groups excluding carboxylic acids is 1. The van der Waals surface area contributed by atoms with E-state index in [1.807, 2.05) is 31.2 Å². The predicted molar refractivity (Wildman–Crippen MR) is 105 cm³/mol. The van der Waals surface area contributed by atoms with Crippen LogP contribution in [0.1, 0.15) is 28.2 Å². The Hall–Kier alpha value is -1.93. The lowest BCUT2D eigenvalue weighted by molar-refractivity contribution is 0.0747. The van der Waals surface area contributed by atoms with Crippen molar-refractivity contribution in [1.82, 2.24) is 4.90 Å². The molecule has 0 saturated carbocycles. The summed E-state index contributed by atoms with van der Waals surface area (Å²) in [4.78, 5) is 15.0. The summed E-state index contributed by atoms with van der Waals surface area (Å²) in [5.74, 6) is -0.181. The number of thiophene rings is 1. The second-order valence-electron chi connectivity index (χ2n) is 5.95. The maximum Gasteiger partial charge on any atom is 0.265 e. The summed E-state index contributed by atoms with van der Waals surface area (Å²) >= 11 is 7.76. The van der Waals surface area contributed by atoms with E-state index in [4.69, 9.17) is 16.7 Å². The molecule has 0 bridgehead atoms. The first kappa shape index (κ1) is 18.8. The van der Waals surface area contributed by atoms with E-state index in [0.717, 1.165) is 15.6 Å². The Morgan fingerprint density at radius 3 is 2.35 bits per heavy atom. The van der Waals surface area contributed by atoms with Gasteiger partial charge in [0.05, 0.1) is 16.0 Å². The molecule has 3 aromatic rings. The number of amides is 1. The van der Waals surface area contributed by atoms with Gasteiger partial charge in [-0.15, -0.1) is 11.3 Å². The monoisotopic (exact) mass is 408 g/mol. The molecule has 136 valence electrons. The number of nitrogens with zero attached hydrogens (tertiary/aromatic N) is 1. The number of rotatable bonds is 4. The van der Waals surface area contributed by atoms with Gasteiger partial charge in [-0.3, -0.25) is 4.79 Å². The average Bonchev–Trinajstić information content (AvgIpc) is 2.96. The Bertz CT molecular complexity index is 1080. The van der Waals surface area contributed by atoms with Gasteiger partial charge in [0.25, 0.3) is 5.91 Å². The summed E-state index contributed by atoms with van der Waals surface area (Å²) in [7, 11) is -2.05. The number of primary sulfonamides is 1. The van der Waals surface area contributed by atoms with E-state index in [0.29, 0.717) is 9.90 Å². The molecule has 0 radical (unpaired) electrons. The smallest absolute Gasteiger partial charge is 0.265 e. The first-order chi connectivity index (χ1) is 12.2. The lowest BCUT2D eigenvalue weighted by Crippen LogP contribution is -2.29. The van der Waals surface area contributed by atoms with E-state index in [9.17, 15) is 13.2 Å². The Labute approximate surface area is 161 Å². The van der Waals surface area contributed by atoms with Crippen molar-refractivity contribution in [1.29, 1.82) is 0 Å². The van der Waals surface area contributed by atoms with Crippen molar-refractivity contribution >= 4 is 49.0 Å². The highest BCUT2D eigenvalue weighted by Crippen LogP contribution is 2.36. The highest BCUT2D eigenvalue weighted by atomic mass is 35.5. The molecule has 1 atom stereocenters. The summed E-state index contributed by atoms with van der Waals surface area (Å²) < 4.78 is 23.7. The fraction of sp³-hybridized carbons (Fsp3) is 0.167. The van der Waals surface area contributed by atoms with Gasteiger partial charge in [-0.1, -0.05) is 41.9 Å². The van der Waals surface area contributed by atoms with Gasteiger partial charge in [-0.25, -0.2) is 13.6 Å². The maximum atomic E-state index is 12.9. The highest BCUT2D eigenvalue weighted by Gasteiger charge is 2.24. The van der Waals surface area contributed by atoms with E-state index in [1.54, 1.807) is 24.1 Å². The Kier molecular flexibility index (Phi) is 5.07. The number of hydrogen-bond acceptors (Lipinski definition) is 4. The van der Waals surface area contributed by atoms with Crippen LogP contribution in [0.3, 0.4) is 0 Å². The van der Waals surface area contributed by atoms with E-state index >= 15 is 0 Å². The zero-order chi connectivity index (χ0) is 19.1. The zero-order valence-electron chi connectivity index (χ0n) is 14.1. The van der Waals surface area contributed by atoms with Gasteiger partial charge in [-0.05, 0) is 30.7 Å². The summed E-state index contributed by atoms with van der Waals surface area (Å²) in [6, 6.07) is 13.5. The normalized spacial score (nSPS) is 12.9. The molecular weight excluding hydrogens is 392 g/mol. The van der Waals surface area contributed by atoms with E-state index < -0.39 is 10.0 Å². The molecule has 0 aliphatic rings. The summed E-state index contributed by atoms with van der Waals surface area (Å²) in [6.07, 6.45) is 0. The molecule has 0 unspecified atom stereocenters. The van der Waals surface area contributed by atoms with Crippen LogP contribution in [0.25, 0.3) is 10.1 Å². The molecule has 5 nitrogen and oxygen atoms in total. The Morgan fingerprint density at radius 2 is 1.77 bits per heavy atom. The SMILES string of the molecule is C[C@H](c1ccc(S(N)(=O)=O)cc1)N(C)C(=O)c1sc2ccccc2c1Cl. The van der Waals surface area contributed by atoms with E-state index in [1.165, 1.54) is 23.5 Å². The number of sulfonamides is 1. The molecule has 0 fully saturated rings. The van der Waals surface area contributed by atoms with Crippen molar-refractivity contribution in [3.8, 4) is 0 Å². The van der Waals surface area contributed by atoms with Gasteiger partial charge in [0.1, 0.15) is 4.88 Å². The van der Waals surface area contributed by atoms with Crippen LogP contribution < -0.4 is 5.14 Å². The average molecular weight is 409 g/mol. The van der Waals surface area contributed by atoms with Crippen LogP contribution in [-0.2, 0) is 10.0 Å². The minimum atomic E-state index is -3.74. The fourth-order valence-corrected chi connectivity index (χ4v) is 4.66. The van der Waals surface area contributed by atoms with Crippen molar-refractivity contribution in [2.45, 2.75) is 17.9 Å². The number of fused-ring (bicyclic) bond motifs is 1. The van der Waals surface area contributed by atoms with Crippen molar-refractivity contribution in [3.05, 3.63) is 64.0 Å². The van der Waals surface area contributed by atoms with Crippen LogP contribution in [0, 0.1) is 0 Å². The van der Waals surface area contributed by atoms with Gasteiger partial charge >= 0.3 is 0 Å². The molecule has 26 heavy (non-hydrogen) atoms. The third kappa shape index (κ3) is 3.48. The van der Waals surface area contributed by atoms with Gasteiger partial charge in [0.15, 0.2) is 0 Å². The maximum absolute atomic E-state index is 12.9. The molecule has 1 aromatic heterocycles. The van der Waals surface area contributed by atoms with E-state index in [-0.39, 0.29) is 16.8 Å². The predicted octanol–water partition coefficient (Wildman–Crippen LogP) is 4.04. The third-order valence-corrected chi connectivity index (χ3v) is 6.91. The number of benzene rings is 2. The largest absolute Gasteiger partial charge is 0.334 e. The zero-order valence-corrected chi connectivity index (χ0v) is 16.5. The Balaban J connectivity index is 1.88. The van der Waals surface area contributed by atoms with Gasteiger partial charge in [-0.2, -0.15) is 0 Å². The molecule has 0 saturated heterocycles. The minimum Gasteiger partial charge on any atom is -0.334 e. The van der Waals surface area contributed by atoms with Gasteiger partial charge < -0.3 is 4.90 Å². The molecular formula is C18H17ClN2O3S2. The molecule has 0 spiro atoms. The number of nitrogens with two attached hydrogens (primary N) is 1. The second-order valence-corrected chi connectivity index (χ2v) is 8.94. The fourth-order valence-electron chi connectivity index (χ4n) is 2.65. The molecule has 1 heterocycles. The molecule has 0 aliphatic carbocycles. The molecule has 1 amide bonds. The first-order valence-electron chi connectivity index (χ1n) is 7.77. The quantitative estimate of drug-likeness (QED) is 0.707. The summed E-state index contributed by atoms with van der Waals surface area (Å²) in [5, 5.41) is 6.43. The Morgan fingerprint density at radius 1 is 1.15 bits per heavy atom. The third-order valence-electron chi connectivity index (χ3n) is 4.32. The van der Waals surface area contributed by atoms with Gasteiger partial charge in [0.2, 0.25) is 10.0 Å². The molecule has 8 heteroatoms.